The molecule has 0 bridgehead atoms. The van der Waals surface area contributed by atoms with Crippen LogP contribution in [0.25, 0.3) is 17.0 Å². The average Bonchev–Trinajstić information content (AvgIpc) is 2.65. The lowest BCUT2D eigenvalue weighted by atomic mass is 10.1. The summed E-state index contributed by atoms with van der Waals surface area (Å²) in [7, 11) is 0. The van der Waals surface area contributed by atoms with E-state index in [1.807, 2.05) is 18.2 Å². The van der Waals surface area contributed by atoms with Crippen LogP contribution in [-0.4, -0.2) is 21.3 Å². The van der Waals surface area contributed by atoms with Crippen LogP contribution < -0.4 is 0 Å². The van der Waals surface area contributed by atoms with Gasteiger partial charge in [0.1, 0.15) is 0 Å². The number of carboxylic acids is 1. The number of carboxylic acid groups (broad SMARTS) is 1. The van der Waals surface area contributed by atoms with Crippen LogP contribution in [0.15, 0.2) is 30.5 Å². The number of nitrogens with zero attached hydrogens (tertiary/aromatic N) is 1. The Hall–Kier alpha value is -2.10. The maximum atomic E-state index is 10.3. The van der Waals surface area contributed by atoms with Crippen molar-refractivity contribution in [3.05, 3.63) is 36.0 Å². The van der Waals surface area contributed by atoms with E-state index in [-0.39, 0.29) is 6.42 Å². The number of aliphatic carboxylic acids is 1. The van der Waals surface area contributed by atoms with Crippen LogP contribution in [0.3, 0.4) is 0 Å². The topological polar surface area (TPSA) is 66.0 Å². The van der Waals surface area contributed by atoms with Crippen LogP contribution in [0.4, 0.5) is 0 Å². The first-order valence-corrected chi connectivity index (χ1v) is 4.58. The first-order chi connectivity index (χ1) is 7.27. The lowest BCUT2D eigenvalue weighted by molar-refractivity contribution is -0.135. The molecule has 0 atom stereocenters. The number of aromatic amines is 1. The van der Waals surface area contributed by atoms with E-state index < -0.39 is 5.97 Å². The van der Waals surface area contributed by atoms with Crippen molar-refractivity contribution in [2.24, 2.45) is 0 Å². The second-order valence-corrected chi connectivity index (χ2v) is 3.18. The summed E-state index contributed by atoms with van der Waals surface area (Å²) in [6.07, 6.45) is 5.18. The third-order valence-electron chi connectivity index (χ3n) is 2.10. The predicted molar refractivity (Wildman–Crippen MR) is 57.4 cm³/mol. The van der Waals surface area contributed by atoms with Crippen molar-refractivity contribution in [2.75, 3.05) is 0 Å². The molecule has 0 amide bonds. The zero-order chi connectivity index (χ0) is 10.7. The number of rotatable bonds is 3. The van der Waals surface area contributed by atoms with Gasteiger partial charge in [-0.05, 0) is 5.56 Å². The van der Waals surface area contributed by atoms with E-state index in [4.69, 9.17) is 5.11 Å². The summed E-state index contributed by atoms with van der Waals surface area (Å²) >= 11 is 0. The van der Waals surface area contributed by atoms with Gasteiger partial charge in [0.25, 0.3) is 0 Å². The average molecular weight is 202 g/mol. The molecule has 76 valence electrons. The first kappa shape index (κ1) is 9.45. The molecule has 0 aliphatic carbocycles. The molecule has 2 rings (SSSR count). The lowest BCUT2D eigenvalue weighted by Crippen LogP contribution is -1.89. The van der Waals surface area contributed by atoms with Gasteiger partial charge in [0.15, 0.2) is 0 Å². The zero-order valence-corrected chi connectivity index (χ0v) is 7.97. The van der Waals surface area contributed by atoms with Gasteiger partial charge >= 0.3 is 5.97 Å². The minimum absolute atomic E-state index is 0.0323. The molecule has 4 heteroatoms. The quantitative estimate of drug-likeness (QED) is 0.800. The number of carbonyl (C=O) groups is 1. The van der Waals surface area contributed by atoms with Gasteiger partial charge in [-0.25, -0.2) is 0 Å². The van der Waals surface area contributed by atoms with Gasteiger partial charge < -0.3 is 5.11 Å². The Morgan fingerprint density at radius 2 is 2.40 bits per heavy atom. The van der Waals surface area contributed by atoms with Crippen LogP contribution in [0.2, 0.25) is 0 Å². The van der Waals surface area contributed by atoms with E-state index in [2.05, 4.69) is 10.2 Å². The van der Waals surface area contributed by atoms with Crippen molar-refractivity contribution in [3.8, 4) is 0 Å². The minimum atomic E-state index is -0.831. The van der Waals surface area contributed by atoms with E-state index in [1.54, 1.807) is 18.3 Å². The number of aromatic nitrogens is 2. The van der Waals surface area contributed by atoms with Crippen LogP contribution in [0, 0.1) is 0 Å². The highest BCUT2D eigenvalue weighted by Gasteiger charge is 1.98. The van der Waals surface area contributed by atoms with Crippen LogP contribution in [0.5, 0.6) is 0 Å². The molecule has 2 N–H and O–H groups in total. The fourth-order valence-electron chi connectivity index (χ4n) is 1.42. The van der Waals surface area contributed by atoms with Crippen molar-refractivity contribution in [3.63, 3.8) is 0 Å². The molecule has 1 aromatic heterocycles. The fourth-order valence-corrected chi connectivity index (χ4v) is 1.42. The largest absolute Gasteiger partial charge is 0.481 e. The molecule has 15 heavy (non-hydrogen) atoms. The summed E-state index contributed by atoms with van der Waals surface area (Å²) in [5.41, 5.74) is 1.88. The number of H-pyrrole nitrogens is 1. The molecule has 0 fully saturated rings. The van der Waals surface area contributed by atoms with E-state index >= 15 is 0 Å². The van der Waals surface area contributed by atoms with E-state index in [1.165, 1.54) is 0 Å². The lowest BCUT2D eigenvalue weighted by Gasteiger charge is -1.94. The Morgan fingerprint density at radius 3 is 3.20 bits per heavy atom. The smallest absolute Gasteiger partial charge is 0.307 e. The molecule has 1 aromatic carbocycles. The Balaban J connectivity index is 2.31. The van der Waals surface area contributed by atoms with Crippen molar-refractivity contribution >= 4 is 22.9 Å². The highest BCUT2D eigenvalue weighted by atomic mass is 16.4. The zero-order valence-electron chi connectivity index (χ0n) is 7.97. The molecular weight excluding hydrogens is 192 g/mol. The van der Waals surface area contributed by atoms with E-state index in [0.717, 1.165) is 16.5 Å². The molecule has 4 nitrogen and oxygen atoms in total. The maximum absolute atomic E-state index is 10.3. The number of fused-ring (bicyclic) bond motifs is 1. The summed E-state index contributed by atoms with van der Waals surface area (Å²) in [5.74, 6) is -0.831. The molecule has 0 spiro atoms. The van der Waals surface area contributed by atoms with Gasteiger partial charge in [-0.1, -0.05) is 30.4 Å². The van der Waals surface area contributed by atoms with Crippen molar-refractivity contribution in [1.82, 2.24) is 10.2 Å². The molecule has 0 aliphatic heterocycles. The Bertz CT molecular complexity index is 514. The van der Waals surface area contributed by atoms with Gasteiger partial charge in [0, 0.05) is 5.39 Å². The van der Waals surface area contributed by atoms with Crippen LogP contribution in [0.1, 0.15) is 12.0 Å². The normalized spacial score (nSPS) is 11.2. The predicted octanol–water partition coefficient (Wildman–Crippen LogP) is 2.05. The number of hydrogen-bond acceptors (Lipinski definition) is 2. The van der Waals surface area contributed by atoms with Crippen LogP contribution in [-0.2, 0) is 4.79 Å². The molecule has 0 saturated heterocycles. The van der Waals surface area contributed by atoms with Crippen molar-refractivity contribution in [1.29, 1.82) is 0 Å². The second kappa shape index (κ2) is 3.96. The highest BCUT2D eigenvalue weighted by molar-refractivity contribution is 5.87. The maximum Gasteiger partial charge on any atom is 0.307 e. The molecule has 1 heterocycles. The summed E-state index contributed by atoms with van der Waals surface area (Å²) < 4.78 is 0. The van der Waals surface area contributed by atoms with E-state index in [9.17, 15) is 4.79 Å². The SMILES string of the molecule is O=C(O)CC=Cc1cccc2cn[nH]c12. The van der Waals surface area contributed by atoms with Crippen molar-refractivity contribution < 1.29 is 9.90 Å². The Kier molecular flexibility index (Phi) is 2.49. The number of benzene rings is 1. The number of para-hydroxylation sites is 1. The Morgan fingerprint density at radius 1 is 1.53 bits per heavy atom. The number of hydrogen-bond donors (Lipinski definition) is 2. The molecule has 0 unspecified atom stereocenters. The first-order valence-electron chi connectivity index (χ1n) is 4.58. The molecule has 0 saturated carbocycles. The standard InChI is InChI=1S/C11H10N2O2/c14-10(15)6-2-4-8-3-1-5-9-7-12-13-11(8)9/h1-5,7H,6H2,(H,12,13)(H,14,15). The molecular formula is C11H10N2O2. The minimum Gasteiger partial charge on any atom is -0.481 e. The molecule has 0 aliphatic rings. The van der Waals surface area contributed by atoms with Gasteiger partial charge in [-0.3, -0.25) is 9.89 Å². The third-order valence-corrected chi connectivity index (χ3v) is 2.10. The fraction of sp³-hybridized carbons (Fsp3) is 0.0909. The Labute approximate surface area is 86.2 Å². The summed E-state index contributed by atoms with van der Waals surface area (Å²) in [4.78, 5) is 10.3. The van der Waals surface area contributed by atoms with Crippen molar-refractivity contribution in [2.45, 2.75) is 6.42 Å². The van der Waals surface area contributed by atoms with Gasteiger partial charge in [0.2, 0.25) is 0 Å². The summed E-state index contributed by atoms with van der Waals surface area (Å²) in [5, 5.41) is 16.3. The van der Waals surface area contributed by atoms with Gasteiger partial charge in [-0.2, -0.15) is 5.10 Å². The highest BCUT2D eigenvalue weighted by Crippen LogP contribution is 2.16. The number of nitrogens with one attached hydrogen (secondary N) is 1. The second-order valence-electron chi connectivity index (χ2n) is 3.18. The molecule has 0 radical (unpaired) electrons. The third kappa shape index (κ3) is 2.04. The summed E-state index contributed by atoms with van der Waals surface area (Å²) in [6.45, 7) is 0. The molecule has 2 aromatic rings. The monoisotopic (exact) mass is 202 g/mol. The summed E-state index contributed by atoms with van der Waals surface area (Å²) in [6, 6.07) is 5.78. The van der Waals surface area contributed by atoms with Gasteiger partial charge in [-0.15, -0.1) is 0 Å². The van der Waals surface area contributed by atoms with Gasteiger partial charge in [0.05, 0.1) is 18.1 Å². The van der Waals surface area contributed by atoms with E-state index in [0.29, 0.717) is 0 Å². The van der Waals surface area contributed by atoms with Crippen LogP contribution >= 0.6 is 0 Å².